The molecule has 0 saturated carbocycles. The van der Waals surface area contributed by atoms with Crippen LogP contribution in [-0.4, -0.2) is 14.8 Å². The van der Waals surface area contributed by atoms with Gasteiger partial charge in [-0.25, -0.2) is 9.67 Å². The van der Waals surface area contributed by atoms with E-state index in [0.29, 0.717) is 16.5 Å². The number of halogens is 2. The molecule has 0 radical (unpaired) electrons. The number of nitrogens with two attached hydrogens (primary N) is 1. The normalized spacial score (nSPS) is 12.9. The second-order valence-electron chi connectivity index (χ2n) is 4.66. The SMILES string of the molecule is CC(C)n1ncnc1CC(N)c1c(Cl)cccc1Cl. The molecule has 1 aromatic heterocycles. The van der Waals surface area contributed by atoms with Crippen molar-refractivity contribution in [1.29, 1.82) is 0 Å². The van der Waals surface area contributed by atoms with Crippen LogP contribution in [0.5, 0.6) is 0 Å². The first-order valence-corrected chi connectivity index (χ1v) is 6.84. The van der Waals surface area contributed by atoms with Gasteiger partial charge in [0.05, 0.1) is 0 Å². The average molecular weight is 299 g/mol. The van der Waals surface area contributed by atoms with E-state index in [0.717, 1.165) is 11.4 Å². The zero-order chi connectivity index (χ0) is 14.0. The molecule has 0 aliphatic heterocycles. The van der Waals surface area contributed by atoms with Crippen LogP contribution in [0.25, 0.3) is 0 Å². The molecule has 6 heteroatoms. The Bertz CT molecular complexity index is 545. The number of aromatic nitrogens is 3. The fourth-order valence-electron chi connectivity index (χ4n) is 2.02. The molecular weight excluding hydrogens is 283 g/mol. The van der Waals surface area contributed by atoms with Gasteiger partial charge in [-0.2, -0.15) is 5.10 Å². The van der Waals surface area contributed by atoms with Crippen molar-refractivity contribution in [2.24, 2.45) is 5.73 Å². The lowest BCUT2D eigenvalue weighted by Gasteiger charge is -2.16. The zero-order valence-electron chi connectivity index (χ0n) is 10.8. The minimum absolute atomic E-state index is 0.242. The van der Waals surface area contributed by atoms with Gasteiger partial charge in [-0.05, 0) is 26.0 Å². The van der Waals surface area contributed by atoms with Crippen LogP contribution in [0.3, 0.4) is 0 Å². The lowest BCUT2D eigenvalue weighted by molar-refractivity contribution is 0.493. The second kappa shape index (κ2) is 5.90. The van der Waals surface area contributed by atoms with E-state index in [-0.39, 0.29) is 12.1 Å². The van der Waals surface area contributed by atoms with Gasteiger partial charge in [-0.15, -0.1) is 0 Å². The van der Waals surface area contributed by atoms with Crippen molar-refractivity contribution in [3.05, 3.63) is 46.0 Å². The van der Waals surface area contributed by atoms with Crippen LogP contribution >= 0.6 is 23.2 Å². The highest BCUT2D eigenvalue weighted by Gasteiger charge is 2.18. The maximum atomic E-state index is 6.21. The summed E-state index contributed by atoms with van der Waals surface area (Å²) < 4.78 is 1.85. The van der Waals surface area contributed by atoms with Gasteiger partial charge in [0.25, 0.3) is 0 Å². The van der Waals surface area contributed by atoms with Crippen molar-refractivity contribution in [2.45, 2.75) is 32.4 Å². The predicted octanol–water partition coefficient (Wildman–Crippen LogP) is 3.41. The van der Waals surface area contributed by atoms with Gasteiger partial charge in [-0.3, -0.25) is 0 Å². The number of rotatable bonds is 4. The molecule has 0 aliphatic carbocycles. The average Bonchev–Trinajstić information content (AvgIpc) is 2.76. The summed E-state index contributed by atoms with van der Waals surface area (Å²) in [5.41, 5.74) is 6.96. The fourth-order valence-corrected chi connectivity index (χ4v) is 2.69. The molecule has 102 valence electrons. The Hall–Kier alpha value is -1.10. The lowest BCUT2D eigenvalue weighted by Crippen LogP contribution is -2.18. The number of hydrogen-bond acceptors (Lipinski definition) is 3. The molecule has 0 bridgehead atoms. The Kier molecular flexibility index (Phi) is 4.45. The molecule has 1 unspecified atom stereocenters. The van der Waals surface area contributed by atoms with Gasteiger partial charge in [0.15, 0.2) is 0 Å². The summed E-state index contributed by atoms with van der Waals surface area (Å²) in [6, 6.07) is 5.32. The predicted molar refractivity (Wildman–Crippen MR) is 77.5 cm³/mol. The summed E-state index contributed by atoms with van der Waals surface area (Å²) in [6.45, 7) is 4.10. The molecule has 2 rings (SSSR count). The van der Waals surface area contributed by atoms with Gasteiger partial charge in [-0.1, -0.05) is 29.3 Å². The summed E-state index contributed by atoms with van der Waals surface area (Å²) in [5, 5.41) is 5.35. The standard InChI is InChI=1S/C13H16Cl2N4/c1-8(2)19-12(17-7-18-19)6-11(16)13-9(14)4-3-5-10(13)15/h3-5,7-8,11H,6,16H2,1-2H3. The highest BCUT2D eigenvalue weighted by Crippen LogP contribution is 2.30. The minimum Gasteiger partial charge on any atom is -0.323 e. The van der Waals surface area contributed by atoms with Crippen LogP contribution in [-0.2, 0) is 6.42 Å². The Labute approximate surface area is 122 Å². The van der Waals surface area contributed by atoms with Crippen LogP contribution in [0.2, 0.25) is 10.0 Å². The van der Waals surface area contributed by atoms with E-state index in [4.69, 9.17) is 28.9 Å². The molecule has 1 aromatic carbocycles. The number of hydrogen-bond donors (Lipinski definition) is 1. The van der Waals surface area contributed by atoms with Crippen molar-refractivity contribution in [3.63, 3.8) is 0 Å². The van der Waals surface area contributed by atoms with Crippen LogP contribution in [0.4, 0.5) is 0 Å². The Morgan fingerprint density at radius 2 is 1.89 bits per heavy atom. The molecule has 0 amide bonds. The molecule has 4 nitrogen and oxygen atoms in total. The molecule has 2 N–H and O–H groups in total. The smallest absolute Gasteiger partial charge is 0.138 e. The molecule has 0 aliphatic rings. The minimum atomic E-state index is -0.303. The number of nitrogens with zero attached hydrogens (tertiary/aromatic N) is 3. The van der Waals surface area contributed by atoms with Crippen LogP contribution < -0.4 is 5.73 Å². The molecule has 0 saturated heterocycles. The summed E-state index contributed by atoms with van der Waals surface area (Å²) in [6.07, 6.45) is 2.08. The first-order chi connectivity index (χ1) is 9.00. The summed E-state index contributed by atoms with van der Waals surface area (Å²) >= 11 is 12.3. The zero-order valence-corrected chi connectivity index (χ0v) is 12.4. The molecular formula is C13H16Cl2N4. The van der Waals surface area contributed by atoms with Crippen molar-refractivity contribution < 1.29 is 0 Å². The van der Waals surface area contributed by atoms with Gasteiger partial charge in [0, 0.05) is 34.1 Å². The topological polar surface area (TPSA) is 56.7 Å². The third-order valence-electron chi connectivity index (χ3n) is 2.91. The molecule has 1 atom stereocenters. The Balaban J connectivity index is 2.26. The van der Waals surface area contributed by atoms with Crippen molar-refractivity contribution in [2.75, 3.05) is 0 Å². The van der Waals surface area contributed by atoms with Crippen LogP contribution in [0.1, 0.15) is 37.3 Å². The third-order valence-corrected chi connectivity index (χ3v) is 3.57. The third kappa shape index (κ3) is 3.08. The monoisotopic (exact) mass is 298 g/mol. The summed E-state index contributed by atoms with van der Waals surface area (Å²) in [5.74, 6) is 0.832. The van der Waals surface area contributed by atoms with E-state index in [1.165, 1.54) is 6.33 Å². The van der Waals surface area contributed by atoms with E-state index in [9.17, 15) is 0 Å². The first-order valence-electron chi connectivity index (χ1n) is 6.08. The van der Waals surface area contributed by atoms with E-state index < -0.39 is 0 Å². The molecule has 0 spiro atoms. The maximum absolute atomic E-state index is 6.21. The van der Waals surface area contributed by atoms with E-state index >= 15 is 0 Å². The van der Waals surface area contributed by atoms with Crippen molar-refractivity contribution >= 4 is 23.2 Å². The Morgan fingerprint density at radius 1 is 1.26 bits per heavy atom. The highest BCUT2D eigenvalue weighted by molar-refractivity contribution is 6.36. The lowest BCUT2D eigenvalue weighted by atomic mass is 10.0. The molecule has 2 aromatic rings. The maximum Gasteiger partial charge on any atom is 0.138 e. The van der Waals surface area contributed by atoms with E-state index in [1.54, 1.807) is 18.2 Å². The molecule has 19 heavy (non-hydrogen) atoms. The van der Waals surface area contributed by atoms with Gasteiger partial charge in [0.1, 0.15) is 12.2 Å². The Morgan fingerprint density at radius 3 is 2.47 bits per heavy atom. The fraction of sp³-hybridized carbons (Fsp3) is 0.385. The molecule has 1 heterocycles. The van der Waals surface area contributed by atoms with E-state index in [1.807, 2.05) is 18.5 Å². The van der Waals surface area contributed by atoms with Gasteiger partial charge in [0.2, 0.25) is 0 Å². The van der Waals surface area contributed by atoms with E-state index in [2.05, 4.69) is 10.1 Å². The summed E-state index contributed by atoms with van der Waals surface area (Å²) in [7, 11) is 0. The summed E-state index contributed by atoms with van der Waals surface area (Å²) in [4.78, 5) is 4.25. The van der Waals surface area contributed by atoms with Gasteiger partial charge < -0.3 is 5.73 Å². The largest absolute Gasteiger partial charge is 0.323 e. The second-order valence-corrected chi connectivity index (χ2v) is 5.47. The van der Waals surface area contributed by atoms with Crippen molar-refractivity contribution in [1.82, 2.24) is 14.8 Å². The first kappa shape index (κ1) is 14.3. The quantitative estimate of drug-likeness (QED) is 0.941. The molecule has 0 fully saturated rings. The van der Waals surface area contributed by atoms with Crippen molar-refractivity contribution in [3.8, 4) is 0 Å². The number of benzene rings is 1. The van der Waals surface area contributed by atoms with Crippen LogP contribution in [0, 0.1) is 0 Å². The van der Waals surface area contributed by atoms with Gasteiger partial charge >= 0.3 is 0 Å². The van der Waals surface area contributed by atoms with Crippen LogP contribution in [0.15, 0.2) is 24.5 Å². The highest BCUT2D eigenvalue weighted by atomic mass is 35.5.